The van der Waals surface area contributed by atoms with Crippen LogP contribution in [0.3, 0.4) is 0 Å². The molecule has 1 heterocycles. The van der Waals surface area contributed by atoms with Gasteiger partial charge in [-0.25, -0.2) is 0 Å². The summed E-state index contributed by atoms with van der Waals surface area (Å²) in [6.07, 6.45) is 10.4. The Morgan fingerprint density at radius 3 is 2.40 bits per heavy atom. The second kappa shape index (κ2) is 6.30. The van der Waals surface area contributed by atoms with E-state index in [2.05, 4.69) is 36.1 Å². The summed E-state index contributed by atoms with van der Waals surface area (Å²) in [4.78, 5) is 0. The van der Waals surface area contributed by atoms with Gasteiger partial charge in [0.15, 0.2) is 0 Å². The first kappa shape index (κ1) is 14.1. The third-order valence-electron chi connectivity index (χ3n) is 5.12. The molecular weight excluding hydrogens is 246 g/mol. The number of nitrogens with one attached hydrogen (secondary N) is 1. The molecule has 0 atom stereocenters. The van der Waals surface area contributed by atoms with E-state index in [1.165, 1.54) is 37.9 Å². The highest BCUT2D eigenvalue weighted by Gasteiger charge is 2.40. The maximum atomic E-state index is 4.72. The average Bonchev–Trinajstić information content (AvgIpc) is 3.37. The van der Waals surface area contributed by atoms with Crippen LogP contribution in [0.25, 0.3) is 0 Å². The quantitative estimate of drug-likeness (QED) is 0.743. The molecule has 1 aromatic heterocycles. The van der Waals surface area contributed by atoms with E-state index in [4.69, 9.17) is 5.10 Å². The lowest BCUT2D eigenvalue weighted by atomic mass is 9.98. The highest BCUT2D eigenvalue weighted by atomic mass is 15.3. The second-order valence-corrected chi connectivity index (χ2v) is 6.73. The molecule has 0 radical (unpaired) electrons. The topological polar surface area (TPSA) is 29.9 Å². The summed E-state index contributed by atoms with van der Waals surface area (Å²) in [6, 6.07) is 2.74. The summed E-state index contributed by atoms with van der Waals surface area (Å²) < 4.78 is 2.15. The highest BCUT2D eigenvalue weighted by Crippen LogP contribution is 2.48. The molecule has 2 aliphatic rings. The summed E-state index contributed by atoms with van der Waals surface area (Å²) >= 11 is 0. The molecule has 0 bridgehead atoms. The highest BCUT2D eigenvalue weighted by molar-refractivity contribution is 5.00. The lowest BCUT2D eigenvalue weighted by Crippen LogP contribution is -2.25. The minimum atomic E-state index is 0.564. The molecule has 2 saturated carbocycles. The van der Waals surface area contributed by atoms with Crippen LogP contribution in [-0.2, 0) is 6.54 Å². The van der Waals surface area contributed by atoms with Crippen molar-refractivity contribution in [3.8, 4) is 0 Å². The summed E-state index contributed by atoms with van der Waals surface area (Å²) in [5, 5.41) is 8.38. The van der Waals surface area contributed by atoms with Gasteiger partial charge in [0.25, 0.3) is 0 Å². The Morgan fingerprint density at radius 1 is 1.20 bits per heavy atom. The van der Waals surface area contributed by atoms with Crippen LogP contribution < -0.4 is 5.32 Å². The fourth-order valence-electron chi connectivity index (χ4n) is 3.47. The van der Waals surface area contributed by atoms with Crippen molar-refractivity contribution in [3.63, 3.8) is 0 Å². The first-order valence-electron chi connectivity index (χ1n) is 8.56. The van der Waals surface area contributed by atoms with E-state index in [0.717, 1.165) is 37.1 Å². The fourth-order valence-corrected chi connectivity index (χ4v) is 3.47. The van der Waals surface area contributed by atoms with Crippen LogP contribution in [0.4, 0.5) is 0 Å². The van der Waals surface area contributed by atoms with E-state index < -0.39 is 0 Å². The van der Waals surface area contributed by atoms with E-state index in [1.807, 2.05) is 0 Å². The van der Waals surface area contributed by atoms with Gasteiger partial charge in [-0.3, -0.25) is 4.68 Å². The van der Waals surface area contributed by atoms with Crippen LogP contribution in [0.15, 0.2) is 12.3 Å². The smallest absolute Gasteiger partial charge is 0.0762 e. The van der Waals surface area contributed by atoms with Crippen LogP contribution in [0, 0.1) is 17.8 Å². The minimum Gasteiger partial charge on any atom is -0.311 e. The molecule has 0 unspecified atom stereocenters. The van der Waals surface area contributed by atoms with Crippen molar-refractivity contribution in [1.29, 1.82) is 0 Å². The summed E-state index contributed by atoms with van der Waals surface area (Å²) in [5.41, 5.74) is 1.20. The van der Waals surface area contributed by atoms with Crippen LogP contribution in [-0.4, -0.2) is 16.3 Å². The molecule has 0 spiro atoms. The maximum absolute atomic E-state index is 4.72. The number of nitrogens with zero attached hydrogens (tertiary/aromatic N) is 2. The van der Waals surface area contributed by atoms with Gasteiger partial charge in [0.05, 0.1) is 11.7 Å². The minimum absolute atomic E-state index is 0.564. The van der Waals surface area contributed by atoms with Gasteiger partial charge in [-0.1, -0.05) is 13.8 Å². The van der Waals surface area contributed by atoms with Gasteiger partial charge in [-0.05, 0) is 68.9 Å². The van der Waals surface area contributed by atoms with Crippen molar-refractivity contribution in [1.82, 2.24) is 15.1 Å². The van der Waals surface area contributed by atoms with Crippen molar-refractivity contribution in [2.75, 3.05) is 6.54 Å². The largest absolute Gasteiger partial charge is 0.311 e. The standard InChI is InChI=1S/C17H29N3/c1-3-16(4-2)20-10-9-15(19-20)11-18-12-17(13-5-6-13)14-7-8-14/h9-10,13-14,16-18H,3-8,11-12H2,1-2H3. The van der Waals surface area contributed by atoms with Crippen LogP contribution >= 0.6 is 0 Å². The van der Waals surface area contributed by atoms with E-state index >= 15 is 0 Å². The molecule has 112 valence electrons. The van der Waals surface area contributed by atoms with E-state index in [-0.39, 0.29) is 0 Å². The van der Waals surface area contributed by atoms with Gasteiger partial charge in [0.2, 0.25) is 0 Å². The summed E-state index contributed by atoms with van der Waals surface area (Å²) in [7, 11) is 0. The Bertz CT molecular complexity index is 402. The van der Waals surface area contributed by atoms with Crippen LogP contribution in [0.1, 0.15) is 64.1 Å². The van der Waals surface area contributed by atoms with Crippen molar-refractivity contribution in [2.45, 2.75) is 65.0 Å². The first-order valence-corrected chi connectivity index (χ1v) is 8.56. The zero-order chi connectivity index (χ0) is 13.9. The van der Waals surface area contributed by atoms with Gasteiger partial charge >= 0.3 is 0 Å². The molecule has 2 fully saturated rings. The predicted octanol–water partition coefficient (Wildman–Crippen LogP) is 3.77. The van der Waals surface area contributed by atoms with Crippen molar-refractivity contribution in [3.05, 3.63) is 18.0 Å². The average molecular weight is 275 g/mol. The van der Waals surface area contributed by atoms with E-state index in [9.17, 15) is 0 Å². The number of hydrogen-bond donors (Lipinski definition) is 1. The maximum Gasteiger partial charge on any atom is 0.0762 e. The lowest BCUT2D eigenvalue weighted by Gasteiger charge is -2.16. The molecule has 1 aromatic rings. The van der Waals surface area contributed by atoms with Crippen LogP contribution in [0.2, 0.25) is 0 Å². The number of aromatic nitrogens is 2. The van der Waals surface area contributed by atoms with Gasteiger partial charge in [0.1, 0.15) is 0 Å². The Kier molecular flexibility index (Phi) is 4.45. The number of hydrogen-bond acceptors (Lipinski definition) is 2. The van der Waals surface area contributed by atoms with Gasteiger partial charge in [-0.2, -0.15) is 5.10 Å². The molecule has 20 heavy (non-hydrogen) atoms. The lowest BCUT2D eigenvalue weighted by molar-refractivity contribution is 0.375. The Hall–Kier alpha value is -0.830. The summed E-state index contributed by atoms with van der Waals surface area (Å²) in [5.74, 6) is 3.03. The van der Waals surface area contributed by atoms with Crippen molar-refractivity contribution in [2.24, 2.45) is 17.8 Å². The molecule has 0 amide bonds. The number of rotatable bonds is 9. The predicted molar refractivity (Wildman–Crippen MR) is 82.5 cm³/mol. The second-order valence-electron chi connectivity index (χ2n) is 6.73. The third kappa shape index (κ3) is 3.43. The molecular formula is C17H29N3. The molecule has 2 aliphatic carbocycles. The zero-order valence-electron chi connectivity index (χ0n) is 13.0. The molecule has 3 rings (SSSR count). The normalized spacial score (nSPS) is 19.2. The van der Waals surface area contributed by atoms with Crippen molar-refractivity contribution >= 4 is 0 Å². The zero-order valence-corrected chi connectivity index (χ0v) is 13.0. The Balaban J connectivity index is 1.46. The molecule has 1 N–H and O–H groups in total. The van der Waals surface area contributed by atoms with Crippen molar-refractivity contribution < 1.29 is 0 Å². The first-order chi connectivity index (χ1) is 9.81. The van der Waals surface area contributed by atoms with E-state index in [1.54, 1.807) is 0 Å². The van der Waals surface area contributed by atoms with Gasteiger partial charge in [0, 0.05) is 12.7 Å². The Morgan fingerprint density at radius 2 is 1.85 bits per heavy atom. The van der Waals surface area contributed by atoms with E-state index in [0.29, 0.717) is 6.04 Å². The molecule has 3 nitrogen and oxygen atoms in total. The van der Waals surface area contributed by atoms with Gasteiger partial charge < -0.3 is 5.32 Å². The molecule has 3 heteroatoms. The molecule has 0 saturated heterocycles. The monoisotopic (exact) mass is 275 g/mol. The third-order valence-corrected chi connectivity index (χ3v) is 5.12. The molecule has 0 aliphatic heterocycles. The van der Waals surface area contributed by atoms with Crippen LogP contribution in [0.5, 0.6) is 0 Å². The SMILES string of the molecule is CCC(CC)n1ccc(CNCC(C2CC2)C2CC2)n1. The summed E-state index contributed by atoms with van der Waals surface area (Å²) in [6.45, 7) is 6.61. The van der Waals surface area contributed by atoms with Gasteiger partial charge in [-0.15, -0.1) is 0 Å². The Labute approximate surface area is 123 Å². The fraction of sp³-hybridized carbons (Fsp3) is 0.824. The molecule has 0 aromatic carbocycles.